The highest BCUT2D eigenvalue weighted by Crippen LogP contribution is 2.44. The SMILES string of the molecule is c1ccc(-c2cc(N(c3ccc4oc5cnccc5c4c3)c3ccc4oc5ncccc5c4c3)c3ccccc3c2)cc1. The lowest BCUT2D eigenvalue weighted by molar-refractivity contribution is 0.654. The van der Waals surface area contributed by atoms with Crippen molar-refractivity contribution in [1.82, 2.24) is 9.97 Å². The topological polar surface area (TPSA) is 55.3 Å². The number of pyridine rings is 2. The maximum absolute atomic E-state index is 6.14. The summed E-state index contributed by atoms with van der Waals surface area (Å²) in [7, 11) is 0. The molecule has 0 amide bonds. The van der Waals surface area contributed by atoms with Crippen LogP contribution < -0.4 is 4.90 Å². The zero-order chi connectivity index (χ0) is 28.3. The van der Waals surface area contributed by atoms with Crippen molar-refractivity contribution in [1.29, 1.82) is 0 Å². The molecule has 9 rings (SSSR count). The first-order chi connectivity index (χ1) is 21.3. The van der Waals surface area contributed by atoms with E-state index in [4.69, 9.17) is 8.83 Å². The van der Waals surface area contributed by atoms with Gasteiger partial charge in [0.15, 0.2) is 5.58 Å². The van der Waals surface area contributed by atoms with E-state index in [0.717, 1.165) is 66.3 Å². The highest BCUT2D eigenvalue weighted by molar-refractivity contribution is 6.09. The predicted molar refractivity (Wildman–Crippen MR) is 174 cm³/mol. The summed E-state index contributed by atoms with van der Waals surface area (Å²) < 4.78 is 12.2. The number of hydrogen-bond donors (Lipinski definition) is 0. The molecular weight excluding hydrogens is 530 g/mol. The molecular formula is C38H23N3O2. The molecule has 202 valence electrons. The van der Waals surface area contributed by atoms with Crippen LogP contribution in [0.5, 0.6) is 0 Å². The Morgan fingerprint density at radius 1 is 0.488 bits per heavy atom. The Hall–Kier alpha value is -5.94. The minimum absolute atomic E-state index is 0.637. The normalized spacial score (nSPS) is 11.7. The van der Waals surface area contributed by atoms with Crippen LogP contribution in [0.15, 0.2) is 149 Å². The lowest BCUT2D eigenvalue weighted by atomic mass is 9.98. The Morgan fingerprint density at radius 2 is 1.23 bits per heavy atom. The van der Waals surface area contributed by atoms with Gasteiger partial charge < -0.3 is 13.7 Å². The van der Waals surface area contributed by atoms with Crippen LogP contribution in [0.1, 0.15) is 0 Å². The van der Waals surface area contributed by atoms with Gasteiger partial charge in [-0.2, -0.15) is 0 Å². The van der Waals surface area contributed by atoms with E-state index in [1.165, 1.54) is 10.9 Å². The average Bonchev–Trinajstić information content (AvgIpc) is 3.63. The van der Waals surface area contributed by atoms with Gasteiger partial charge in [-0.05, 0) is 83.2 Å². The Labute approximate surface area is 246 Å². The number of hydrogen-bond acceptors (Lipinski definition) is 5. The van der Waals surface area contributed by atoms with E-state index in [1.807, 2.05) is 24.4 Å². The third-order valence-electron chi connectivity index (χ3n) is 8.19. The fraction of sp³-hybridized carbons (Fsp3) is 0. The van der Waals surface area contributed by atoms with Gasteiger partial charge in [0.1, 0.15) is 11.2 Å². The summed E-state index contributed by atoms with van der Waals surface area (Å²) in [5.74, 6) is 0. The molecule has 5 nitrogen and oxygen atoms in total. The molecule has 4 aromatic heterocycles. The smallest absolute Gasteiger partial charge is 0.227 e. The molecule has 0 bridgehead atoms. The van der Waals surface area contributed by atoms with Crippen LogP contribution in [0.25, 0.3) is 65.9 Å². The first-order valence-electron chi connectivity index (χ1n) is 14.2. The van der Waals surface area contributed by atoms with E-state index in [1.54, 1.807) is 12.4 Å². The van der Waals surface area contributed by atoms with E-state index in [9.17, 15) is 0 Å². The van der Waals surface area contributed by atoms with Gasteiger partial charge in [-0.1, -0.05) is 54.6 Å². The van der Waals surface area contributed by atoms with Gasteiger partial charge in [-0.25, -0.2) is 4.98 Å². The van der Waals surface area contributed by atoms with Gasteiger partial charge in [-0.3, -0.25) is 4.98 Å². The van der Waals surface area contributed by atoms with Crippen LogP contribution in [0, 0.1) is 0 Å². The van der Waals surface area contributed by atoms with E-state index in [-0.39, 0.29) is 0 Å². The van der Waals surface area contributed by atoms with Gasteiger partial charge in [0, 0.05) is 50.7 Å². The van der Waals surface area contributed by atoms with Gasteiger partial charge in [-0.15, -0.1) is 0 Å². The van der Waals surface area contributed by atoms with Crippen LogP contribution in [0.3, 0.4) is 0 Å². The van der Waals surface area contributed by atoms with Crippen molar-refractivity contribution < 1.29 is 8.83 Å². The first-order valence-corrected chi connectivity index (χ1v) is 14.2. The highest BCUT2D eigenvalue weighted by atomic mass is 16.3. The van der Waals surface area contributed by atoms with Crippen molar-refractivity contribution in [2.24, 2.45) is 0 Å². The fourth-order valence-corrected chi connectivity index (χ4v) is 6.20. The maximum atomic E-state index is 6.14. The average molecular weight is 554 g/mol. The Morgan fingerprint density at radius 3 is 2.09 bits per heavy atom. The zero-order valence-corrected chi connectivity index (χ0v) is 22.9. The van der Waals surface area contributed by atoms with Crippen LogP contribution >= 0.6 is 0 Å². The minimum atomic E-state index is 0.637. The quantitative estimate of drug-likeness (QED) is 0.217. The molecule has 0 aliphatic carbocycles. The number of benzene rings is 5. The molecule has 9 aromatic rings. The van der Waals surface area contributed by atoms with Gasteiger partial charge in [0.2, 0.25) is 5.71 Å². The Kier molecular flexibility index (Phi) is 5.13. The molecule has 0 aliphatic heterocycles. The Balaban J connectivity index is 1.36. The Bertz CT molecular complexity index is 2360. The molecule has 0 N–H and O–H groups in total. The van der Waals surface area contributed by atoms with Crippen molar-refractivity contribution in [3.63, 3.8) is 0 Å². The first kappa shape index (κ1) is 23.7. The molecule has 0 aliphatic rings. The second kappa shape index (κ2) is 9.29. The number of nitrogens with zero attached hydrogens (tertiary/aromatic N) is 3. The summed E-state index contributed by atoms with van der Waals surface area (Å²) >= 11 is 0. The van der Waals surface area contributed by atoms with Gasteiger partial charge in [0.05, 0.1) is 11.9 Å². The number of rotatable bonds is 4. The lowest BCUT2D eigenvalue weighted by Crippen LogP contribution is -2.10. The van der Waals surface area contributed by atoms with Crippen LogP contribution in [-0.2, 0) is 0 Å². The predicted octanol–water partition coefficient (Wildman–Crippen LogP) is 10.6. The summed E-state index contributed by atoms with van der Waals surface area (Å²) in [4.78, 5) is 11.1. The molecule has 0 unspecified atom stereocenters. The highest BCUT2D eigenvalue weighted by Gasteiger charge is 2.20. The van der Waals surface area contributed by atoms with Gasteiger partial charge >= 0.3 is 0 Å². The largest absolute Gasteiger partial charge is 0.454 e. The van der Waals surface area contributed by atoms with E-state index in [2.05, 4.69) is 118 Å². The third kappa shape index (κ3) is 3.79. The number of furan rings is 2. The number of anilines is 3. The molecule has 5 heteroatoms. The summed E-state index contributed by atoms with van der Waals surface area (Å²) in [5.41, 5.74) is 8.49. The molecule has 0 fully saturated rings. The second-order valence-electron chi connectivity index (χ2n) is 10.7. The third-order valence-corrected chi connectivity index (χ3v) is 8.19. The summed E-state index contributed by atoms with van der Waals surface area (Å²) in [6, 6.07) is 42.5. The van der Waals surface area contributed by atoms with Crippen LogP contribution in [0.4, 0.5) is 17.1 Å². The van der Waals surface area contributed by atoms with Crippen molar-refractivity contribution >= 4 is 71.8 Å². The fourth-order valence-electron chi connectivity index (χ4n) is 6.20. The minimum Gasteiger partial charge on any atom is -0.454 e. The maximum Gasteiger partial charge on any atom is 0.227 e. The molecule has 0 radical (unpaired) electrons. The summed E-state index contributed by atoms with van der Waals surface area (Å²) in [6.45, 7) is 0. The van der Waals surface area contributed by atoms with Gasteiger partial charge in [0.25, 0.3) is 0 Å². The van der Waals surface area contributed by atoms with Crippen molar-refractivity contribution in [3.8, 4) is 11.1 Å². The standard InChI is InChI=1S/C38H23N3O2/c1-2-7-24(8-3-1)26-19-25-9-4-5-10-29(25)34(20-26)41(27-12-14-35-32(21-27)30-16-18-39-23-37(30)42-35)28-13-15-36-33(22-28)31-11-6-17-40-38(31)43-36/h1-23H. The van der Waals surface area contributed by atoms with E-state index >= 15 is 0 Å². The molecule has 0 atom stereocenters. The van der Waals surface area contributed by atoms with Crippen LogP contribution in [0.2, 0.25) is 0 Å². The summed E-state index contributed by atoms with van der Waals surface area (Å²) in [5, 5.41) is 6.42. The molecule has 4 heterocycles. The van der Waals surface area contributed by atoms with Crippen molar-refractivity contribution in [3.05, 3.63) is 140 Å². The monoisotopic (exact) mass is 553 g/mol. The zero-order valence-electron chi connectivity index (χ0n) is 22.9. The van der Waals surface area contributed by atoms with E-state index < -0.39 is 0 Å². The molecule has 0 saturated heterocycles. The number of aromatic nitrogens is 2. The second-order valence-corrected chi connectivity index (χ2v) is 10.7. The van der Waals surface area contributed by atoms with Crippen molar-refractivity contribution in [2.75, 3.05) is 4.90 Å². The van der Waals surface area contributed by atoms with E-state index in [0.29, 0.717) is 5.71 Å². The molecule has 0 saturated carbocycles. The molecule has 43 heavy (non-hydrogen) atoms. The van der Waals surface area contributed by atoms with Crippen molar-refractivity contribution in [2.45, 2.75) is 0 Å². The van der Waals surface area contributed by atoms with Crippen LogP contribution in [-0.4, -0.2) is 9.97 Å². The molecule has 0 spiro atoms. The lowest BCUT2D eigenvalue weighted by Gasteiger charge is -2.28. The summed E-state index contributed by atoms with van der Waals surface area (Å²) in [6.07, 6.45) is 5.35. The number of fused-ring (bicyclic) bond motifs is 7. The molecule has 5 aromatic carbocycles.